The van der Waals surface area contributed by atoms with Gasteiger partial charge in [0.15, 0.2) is 0 Å². The Labute approximate surface area is 208 Å². The van der Waals surface area contributed by atoms with Gasteiger partial charge in [-0.2, -0.15) is 5.26 Å². The molecule has 1 atom stereocenters. The van der Waals surface area contributed by atoms with Gasteiger partial charge in [0, 0.05) is 12.1 Å². The standard InChI is InChI=1S/C26H26N4O6/c1-5-20(31)29-16-11-12-19(34-2)18(13-16)30-23(26(33)36-4)22(25(32)35-3)21(17(14-27)24(30)28)15-9-7-6-8-10-15/h6-13,21H,5,28H2,1-4H3,(H,29,31). The van der Waals surface area contributed by atoms with Crippen LogP contribution in [0.2, 0.25) is 0 Å². The van der Waals surface area contributed by atoms with Crippen LogP contribution in [0, 0.1) is 11.3 Å². The highest BCUT2D eigenvalue weighted by atomic mass is 16.5. The van der Waals surface area contributed by atoms with Crippen LogP contribution in [0.3, 0.4) is 0 Å². The molecular weight excluding hydrogens is 464 g/mol. The van der Waals surface area contributed by atoms with E-state index in [4.69, 9.17) is 19.9 Å². The number of esters is 2. The molecule has 1 unspecified atom stereocenters. The second kappa shape index (κ2) is 11.1. The minimum absolute atomic E-state index is 0.0132. The van der Waals surface area contributed by atoms with Crippen LogP contribution >= 0.6 is 0 Å². The lowest BCUT2D eigenvalue weighted by atomic mass is 9.81. The number of rotatable bonds is 7. The molecular formula is C26H26N4O6. The van der Waals surface area contributed by atoms with E-state index in [0.29, 0.717) is 11.3 Å². The van der Waals surface area contributed by atoms with E-state index in [9.17, 15) is 19.6 Å². The largest absolute Gasteiger partial charge is 0.495 e. The summed E-state index contributed by atoms with van der Waals surface area (Å²) in [6, 6.07) is 15.5. The first-order valence-electron chi connectivity index (χ1n) is 11.0. The van der Waals surface area contributed by atoms with Gasteiger partial charge >= 0.3 is 11.9 Å². The van der Waals surface area contributed by atoms with Crippen molar-refractivity contribution in [3.8, 4) is 11.8 Å². The van der Waals surface area contributed by atoms with Gasteiger partial charge in [0.05, 0.1) is 50.2 Å². The molecule has 0 aromatic heterocycles. The zero-order chi connectivity index (χ0) is 26.4. The monoisotopic (exact) mass is 490 g/mol. The van der Waals surface area contributed by atoms with E-state index in [1.807, 2.05) is 0 Å². The Balaban J connectivity index is 2.41. The maximum absolute atomic E-state index is 13.2. The summed E-state index contributed by atoms with van der Waals surface area (Å²) in [5.41, 5.74) is 7.30. The van der Waals surface area contributed by atoms with Gasteiger partial charge < -0.3 is 25.3 Å². The molecule has 0 spiro atoms. The van der Waals surface area contributed by atoms with Crippen molar-refractivity contribution in [2.24, 2.45) is 5.73 Å². The van der Waals surface area contributed by atoms with Gasteiger partial charge in [-0.1, -0.05) is 37.3 Å². The van der Waals surface area contributed by atoms with E-state index in [2.05, 4.69) is 11.4 Å². The smallest absolute Gasteiger partial charge is 0.355 e. The molecule has 1 amide bonds. The van der Waals surface area contributed by atoms with Crippen molar-refractivity contribution < 1.29 is 28.6 Å². The number of benzene rings is 2. The predicted molar refractivity (Wildman–Crippen MR) is 131 cm³/mol. The molecule has 0 bridgehead atoms. The van der Waals surface area contributed by atoms with E-state index < -0.39 is 17.9 Å². The van der Waals surface area contributed by atoms with Crippen molar-refractivity contribution in [2.45, 2.75) is 19.3 Å². The molecule has 0 radical (unpaired) electrons. The maximum Gasteiger partial charge on any atom is 0.355 e. The highest BCUT2D eigenvalue weighted by molar-refractivity contribution is 6.07. The summed E-state index contributed by atoms with van der Waals surface area (Å²) in [4.78, 5) is 39.6. The molecule has 2 aromatic rings. The first kappa shape index (κ1) is 25.8. The number of nitrogens with two attached hydrogens (primary N) is 1. The van der Waals surface area contributed by atoms with Crippen molar-refractivity contribution in [2.75, 3.05) is 31.5 Å². The molecule has 0 aliphatic carbocycles. The van der Waals surface area contributed by atoms with Crippen molar-refractivity contribution in [1.29, 1.82) is 5.26 Å². The lowest BCUT2D eigenvalue weighted by Gasteiger charge is -2.36. The van der Waals surface area contributed by atoms with E-state index in [0.717, 1.165) is 7.11 Å². The Hall–Kier alpha value is -4.78. The van der Waals surface area contributed by atoms with Gasteiger partial charge in [0.1, 0.15) is 17.3 Å². The molecule has 10 nitrogen and oxygen atoms in total. The van der Waals surface area contributed by atoms with E-state index in [1.54, 1.807) is 49.4 Å². The number of allylic oxidation sites excluding steroid dienone is 1. The average Bonchev–Trinajstić information content (AvgIpc) is 2.91. The van der Waals surface area contributed by atoms with Crippen LogP contribution in [-0.4, -0.2) is 39.2 Å². The summed E-state index contributed by atoms with van der Waals surface area (Å²) >= 11 is 0. The molecule has 0 fully saturated rings. The van der Waals surface area contributed by atoms with E-state index >= 15 is 0 Å². The fourth-order valence-corrected chi connectivity index (χ4v) is 3.96. The third-order valence-corrected chi connectivity index (χ3v) is 5.63. The molecule has 2 aromatic carbocycles. The summed E-state index contributed by atoms with van der Waals surface area (Å²) in [5.74, 6) is -2.83. The summed E-state index contributed by atoms with van der Waals surface area (Å²) in [7, 11) is 3.74. The number of hydrogen-bond donors (Lipinski definition) is 2. The summed E-state index contributed by atoms with van der Waals surface area (Å²) in [6.45, 7) is 1.70. The van der Waals surface area contributed by atoms with Crippen molar-refractivity contribution in [1.82, 2.24) is 0 Å². The van der Waals surface area contributed by atoms with Crippen molar-refractivity contribution in [3.63, 3.8) is 0 Å². The Kier molecular flexibility index (Phi) is 7.96. The number of nitrogens with zero attached hydrogens (tertiary/aromatic N) is 2. The van der Waals surface area contributed by atoms with Crippen molar-refractivity contribution in [3.05, 3.63) is 76.8 Å². The zero-order valence-electron chi connectivity index (χ0n) is 20.3. The van der Waals surface area contributed by atoms with Gasteiger partial charge in [-0.25, -0.2) is 9.59 Å². The molecule has 36 heavy (non-hydrogen) atoms. The highest BCUT2D eigenvalue weighted by Crippen LogP contribution is 2.45. The molecule has 1 aliphatic rings. The second-order valence-corrected chi connectivity index (χ2v) is 7.62. The highest BCUT2D eigenvalue weighted by Gasteiger charge is 2.43. The minimum atomic E-state index is -0.997. The molecule has 186 valence electrons. The Morgan fingerprint density at radius 3 is 2.28 bits per heavy atom. The van der Waals surface area contributed by atoms with Crippen LogP contribution in [0.15, 0.2) is 71.2 Å². The number of anilines is 2. The number of hydrogen-bond acceptors (Lipinski definition) is 9. The fourth-order valence-electron chi connectivity index (χ4n) is 3.96. The second-order valence-electron chi connectivity index (χ2n) is 7.62. The van der Waals surface area contributed by atoms with Crippen LogP contribution in [-0.2, 0) is 23.9 Å². The lowest BCUT2D eigenvalue weighted by Crippen LogP contribution is -2.41. The predicted octanol–water partition coefficient (Wildman–Crippen LogP) is 2.94. The molecule has 0 saturated carbocycles. The van der Waals surface area contributed by atoms with Crippen LogP contribution < -0.4 is 20.7 Å². The van der Waals surface area contributed by atoms with E-state index in [-0.39, 0.29) is 46.4 Å². The lowest BCUT2D eigenvalue weighted by molar-refractivity contribution is -0.139. The number of carbonyl (C=O) groups excluding carboxylic acids is 3. The number of ether oxygens (including phenoxy) is 3. The zero-order valence-corrected chi connectivity index (χ0v) is 20.3. The molecule has 3 rings (SSSR count). The maximum atomic E-state index is 13.2. The number of nitriles is 1. The molecule has 1 heterocycles. The number of nitrogens with one attached hydrogen (secondary N) is 1. The van der Waals surface area contributed by atoms with Gasteiger partial charge in [0.25, 0.3) is 0 Å². The van der Waals surface area contributed by atoms with Crippen LogP contribution in [0.5, 0.6) is 5.75 Å². The van der Waals surface area contributed by atoms with Gasteiger partial charge in [-0.3, -0.25) is 9.69 Å². The molecule has 1 aliphatic heterocycles. The number of methoxy groups -OCH3 is 3. The molecule has 10 heteroatoms. The fraction of sp³-hybridized carbons (Fsp3) is 0.231. The summed E-state index contributed by atoms with van der Waals surface area (Å²) < 4.78 is 15.6. The summed E-state index contributed by atoms with van der Waals surface area (Å²) in [6.07, 6.45) is 0.240. The van der Waals surface area contributed by atoms with Gasteiger partial charge in [-0.15, -0.1) is 0 Å². The third kappa shape index (κ3) is 4.72. The normalized spacial score (nSPS) is 15.2. The van der Waals surface area contributed by atoms with E-state index in [1.165, 1.54) is 25.2 Å². The Morgan fingerprint density at radius 1 is 1.06 bits per heavy atom. The quantitative estimate of drug-likeness (QED) is 0.560. The van der Waals surface area contributed by atoms with Crippen LogP contribution in [0.1, 0.15) is 24.8 Å². The number of carbonyl (C=O) groups is 3. The molecule has 0 saturated heterocycles. The average molecular weight is 491 g/mol. The Bertz CT molecular complexity index is 1290. The van der Waals surface area contributed by atoms with Gasteiger partial charge in [-0.05, 0) is 23.8 Å². The van der Waals surface area contributed by atoms with Gasteiger partial charge in [0.2, 0.25) is 5.91 Å². The van der Waals surface area contributed by atoms with Crippen LogP contribution in [0.4, 0.5) is 11.4 Å². The first-order valence-corrected chi connectivity index (χ1v) is 11.0. The summed E-state index contributed by atoms with van der Waals surface area (Å²) in [5, 5.41) is 12.9. The minimum Gasteiger partial charge on any atom is -0.495 e. The first-order chi connectivity index (χ1) is 17.3. The van der Waals surface area contributed by atoms with Crippen molar-refractivity contribution >= 4 is 29.2 Å². The topological polar surface area (TPSA) is 144 Å². The molecule has 3 N–H and O–H groups in total. The number of amides is 1. The SMILES string of the molecule is CCC(=O)Nc1ccc(OC)c(N2C(N)=C(C#N)C(c3ccccc3)C(C(=O)OC)=C2C(=O)OC)c1. The van der Waals surface area contributed by atoms with Crippen LogP contribution in [0.25, 0.3) is 0 Å². The third-order valence-electron chi connectivity index (χ3n) is 5.63. The Morgan fingerprint density at radius 2 is 1.72 bits per heavy atom.